The molecule has 2 aromatic heterocycles. The highest BCUT2D eigenvalue weighted by Gasteiger charge is 2.27. The van der Waals surface area contributed by atoms with Crippen LogP contribution in [0.3, 0.4) is 0 Å². The highest BCUT2D eigenvalue weighted by molar-refractivity contribution is 6.08. The average Bonchev–Trinajstić information content (AvgIpc) is 3.12. The van der Waals surface area contributed by atoms with E-state index in [1.807, 2.05) is 25.1 Å². The number of rotatable bonds is 8. The van der Waals surface area contributed by atoms with Crippen molar-refractivity contribution in [2.75, 3.05) is 40.0 Å². The molecule has 1 amide bonds. The maximum Gasteiger partial charge on any atom is 0.256 e. The van der Waals surface area contributed by atoms with Crippen molar-refractivity contribution in [2.45, 2.75) is 39.8 Å². The molecule has 0 saturated carbocycles. The molecule has 2 N–H and O–H groups in total. The lowest BCUT2D eigenvalue weighted by molar-refractivity contribution is -0.0499. The summed E-state index contributed by atoms with van der Waals surface area (Å²) in [5.74, 6) is 1.59. The number of aromatic amines is 1. The number of hydrogen-bond acceptors (Lipinski definition) is 5. The number of para-hydroxylation sites is 1. The lowest BCUT2D eigenvalue weighted by Gasteiger charge is -2.37. The van der Waals surface area contributed by atoms with Gasteiger partial charge >= 0.3 is 0 Å². The number of pyridine rings is 1. The van der Waals surface area contributed by atoms with Crippen molar-refractivity contribution in [3.05, 3.63) is 63.2 Å². The van der Waals surface area contributed by atoms with Gasteiger partial charge in [-0.25, -0.2) is 0 Å². The number of nitrogens with zero attached hydrogens (tertiary/aromatic N) is 2. The largest absolute Gasteiger partial charge is 0.496 e. The van der Waals surface area contributed by atoms with Crippen LogP contribution in [-0.2, 0) is 17.8 Å². The van der Waals surface area contributed by atoms with Crippen molar-refractivity contribution in [1.29, 1.82) is 0 Å². The molecule has 0 spiro atoms. The standard InChI is InChI=1S/C28H36N4O4/c1-18-12-25(35-3)23(27(33)30-18)13-29-28(34)26-19(2)32(24-7-5-4-6-22(24)26)15-20-8-10-31(11-9-20)14-21-16-36-17-21/h4-7,12,20-21H,8-11,13-17H2,1-3H3,(H,29,34)(H,30,33). The number of H-pyrrole nitrogens is 1. The van der Waals surface area contributed by atoms with Gasteiger partial charge in [-0.05, 0) is 57.8 Å². The van der Waals surface area contributed by atoms with E-state index in [-0.39, 0.29) is 18.0 Å². The molecule has 0 aliphatic carbocycles. The Bertz CT molecular complexity index is 1300. The predicted molar refractivity (Wildman–Crippen MR) is 140 cm³/mol. The van der Waals surface area contributed by atoms with Gasteiger partial charge in [0, 0.05) is 41.3 Å². The van der Waals surface area contributed by atoms with Crippen LogP contribution in [0.4, 0.5) is 0 Å². The Labute approximate surface area is 211 Å². The van der Waals surface area contributed by atoms with Crippen molar-refractivity contribution in [1.82, 2.24) is 19.8 Å². The number of piperidine rings is 1. The molecule has 2 saturated heterocycles. The molecule has 8 nitrogen and oxygen atoms in total. The van der Waals surface area contributed by atoms with E-state index in [1.54, 1.807) is 13.0 Å². The first kappa shape index (κ1) is 24.6. The van der Waals surface area contributed by atoms with Crippen molar-refractivity contribution in [3.63, 3.8) is 0 Å². The molecule has 2 aliphatic rings. The molecule has 0 atom stereocenters. The van der Waals surface area contributed by atoms with Crippen LogP contribution in [0.1, 0.15) is 40.2 Å². The summed E-state index contributed by atoms with van der Waals surface area (Å²) in [6, 6.07) is 9.87. The number of aryl methyl sites for hydroxylation is 1. The number of hydrogen-bond donors (Lipinski definition) is 2. The molecule has 0 bridgehead atoms. The zero-order valence-corrected chi connectivity index (χ0v) is 21.4. The third-order valence-corrected chi connectivity index (χ3v) is 7.70. The minimum absolute atomic E-state index is 0.0983. The molecule has 2 fully saturated rings. The summed E-state index contributed by atoms with van der Waals surface area (Å²) >= 11 is 0. The van der Waals surface area contributed by atoms with Gasteiger partial charge in [0.25, 0.3) is 11.5 Å². The summed E-state index contributed by atoms with van der Waals surface area (Å²) in [5.41, 5.74) is 3.61. The molecule has 5 rings (SSSR count). The monoisotopic (exact) mass is 492 g/mol. The number of methoxy groups -OCH3 is 1. The molecular weight excluding hydrogens is 456 g/mol. The summed E-state index contributed by atoms with van der Waals surface area (Å²) in [6.45, 7) is 10.1. The fraction of sp³-hybridized carbons (Fsp3) is 0.500. The van der Waals surface area contributed by atoms with Crippen molar-refractivity contribution < 1.29 is 14.3 Å². The first-order valence-corrected chi connectivity index (χ1v) is 12.9. The Morgan fingerprint density at radius 3 is 2.58 bits per heavy atom. The second kappa shape index (κ2) is 10.5. The van der Waals surface area contributed by atoms with Crippen LogP contribution in [-0.4, -0.2) is 60.3 Å². The number of nitrogens with one attached hydrogen (secondary N) is 2. The van der Waals surface area contributed by atoms with E-state index in [2.05, 4.69) is 25.8 Å². The Morgan fingerprint density at radius 1 is 1.14 bits per heavy atom. The van der Waals surface area contributed by atoms with Gasteiger partial charge in [0.1, 0.15) is 5.75 Å². The predicted octanol–water partition coefficient (Wildman–Crippen LogP) is 3.24. The molecule has 36 heavy (non-hydrogen) atoms. The molecule has 3 aromatic rings. The third-order valence-electron chi connectivity index (χ3n) is 7.70. The van der Waals surface area contributed by atoms with E-state index < -0.39 is 0 Å². The molecule has 4 heterocycles. The van der Waals surface area contributed by atoms with Crippen LogP contribution in [0.25, 0.3) is 10.9 Å². The molecule has 1 aromatic carbocycles. The van der Waals surface area contributed by atoms with Gasteiger partial charge in [0.05, 0.1) is 38.0 Å². The maximum absolute atomic E-state index is 13.4. The van der Waals surface area contributed by atoms with Gasteiger partial charge in [0.15, 0.2) is 0 Å². The summed E-state index contributed by atoms with van der Waals surface area (Å²) < 4.78 is 13.0. The number of carbonyl (C=O) groups is 1. The lowest BCUT2D eigenvalue weighted by atomic mass is 9.95. The molecule has 2 aliphatic heterocycles. The molecule has 8 heteroatoms. The fourth-order valence-electron chi connectivity index (χ4n) is 5.61. The lowest BCUT2D eigenvalue weighted by Crippen LogP contribution is -2.43. The van der Waals surface area contributed by atoms with E-state index >= 15 is 0 Å². The second-order valence-corrected chi connectivity index (χ2v) is 10.2. The van der Waals surface area contributed by atoms with Gasteiger partial charge in [-0.2, -0.15) is 0 Å². The quantitative estimate of drug-likeness (QED) is 0.504. The fourth-order valence-corrected chi connectivity index (χ4v) is 5.61. The number of fused-ring (bicyclic) bond motifs is 1. The minimum Gasteiger partial charge on any atom is -0.496 e. The molecule has 0 radical (unpaired) electrons. The first-order valence-electron chi connectivity index (χ1n) is 12.9. The normalized spacial score (nSPS) is 17.3. The number of aromatic nitrogens is 2. The van der Waals surface area contributed by atoms with Crippen molar-refractivity contribution >= 4 is 16.8 Å². The third kappa shape index (κ3) is 4.92. The molecule has 192 valence electrons. The zero-order valence-electron chi connectivity index (χ0n) is 21.4. The smallest absolute Gasteiger partial charge is 0.256 e. The van der Waals surface area contributed by atoms with Crippen LogP contribution in [0.2, 0.25) is 0 Å². The number of amides is 1. The Balaban J connectivity index is 1.32. The summed E-state index contributed by atoms with van der Waals surface area (Å²) in [7, 11) is 1.53. The van der Waals surface area contributed by atoms with Gasteiger partial charge < -0.3 is 29.2 Å². The van der Waals surface area contributed by atoms with Crippen LogP contribution in [0.5, 0.6) is 5.75 Å². The van der Waals surface area contributed by atoms with Gasteiger partial charge in [0.2, 0.25) is 0 Å². The van der Waals surface area contributed by atoms with Crippen LogP contribution in [0, 0.1) is 25.7 Å². The Hall–Kier alpha value is -3.10. The summed E-state index contributed by atoms with van der Waals surface area (Å²) in [4.78, 5) is 31.3. The highest BCUT2D eigenvalue weighted by atomic mass is 16.5. The summed E-state index contributed by atoms with van der Waals surface area (Å²) in [5, 5.41) is 3.91. The van der Waals surface area contributed by atoms with E-state index in [0.717, 1.165) is 68.8 Å². The maximum atomic E-state index is 13.4. The zero-order chi connectivity index (χ0) is 25.2. The Kier molecular flexibility index (Phi) is 7.16. The van der Waals surface area contributed by atoms with E-state index in [4.69, 9.17) is 9.47 Å². The molecular formula is C28H36N4O4. The topological polar surface area (TPSA) is 88.6 Å². The van der Waals surface area contributed by atoms with Gasteiger partial charge in [-0.1, -0.05) is 18.2 Å². The minimum atomic E-state index is -0.248. The summed E-state index contributed by atoms with van der Waals surface area (Å²) in [6.07, 6.45) is 2.33. The van der Waals surface area contributed by atoms with Crippen LogP contribution < -0.4 is 15.6 Å². The van der Waals surface area contributed by atoms with Crippen molar-refractivity contribution in [2.24, 2.45) is 11.8 Å². The van der Waals surface area contributed by atoms with Crippen molar-refractivity contribution in [3.8, 4) is 5.75 Å². The van der Waals surface area contributed by atoms with E-state index in [1.165, 1.54) is 7.11 Å². The first-order chi connectivity index (χ1) is 17.4. The second-order valence-electron chi connectivity index (χ2n) is 10.2. The van der Waals surface area contributed by atoms with E-state index in [9.17, 15) is 9.59 Å². The Morgan fingerprint density at radius 2 is 1.89 bits per heavy atom. The van der Waals surface area contributed by atoms with Crippen LogP contribution >= 0.6 is 0 Å². The number of ether oxygens (including phenoxy) is 2. The number of carbonyl (C=O) groups excluding carboxylic acids is 1. The van der Waals surface area contributed by atoms with Crippen LogP contribution in [0.15, 0.2) is 35.1 Å². The van der Waals surface area contributed by atoms with Gasteiger partial charge in [-0.15, -0.1) is 0 Å². The number of benzene rings is 1. The highest BCUT2D eigenvalue weighted by Crippen LogP contribution is 2.29. The van der Waals surface area contributed by atoms with Gasteiger partial charge in [-0.3, -0.25) is 9.59 Å². The SMILES string of the molecule is COc1cc(C)[nH]c(=O)c1CNC(=O)c1c(C)n(CC2CCN(CC3COC3)CC2)c2ccccc12. The molecule has 0 unspecified atom stereocenters. The number of likely N-dealkylation sites (tertiary alicyclic amines) is 1. The average molecular weight is 493 g/mol. The van der Waals surface area contributed by atoms with E-state index in [0.29, 0.717) is 34.4 Å².